The lowest BCUT2D eigenvalue weighted by Crippen LogP contribution is -2.13. The van der Waals surface area contributed by atoms with Gasteiger partial charge in [-0.05, 0) is 54.4 Å². The van der Waals surface area contributed by atoms with Gasteiger partial charge in [-0.3, -0.25) is 0 Å². The number of aromatic nitrogens is 2. The lowest BCUT2D eigenvalue weighted by atomic mass is 10.1. The van der Waals surface area contributed by atoms with Crippen LogP contribution in [0.25, 0.3) is 11.5 Å². The molecule has 3 aromatic carbocycles. The van der Waals surface area contributed by atoms with Crippen molar-refractivity contribution < 1.29 is 8.81 Å². The molecule has 7 heteroatoms. The van der Waals surface area contributed by atoms with Gasteiger partial charge in [-0.15, -0.1) is 10.2 Å². The minimum absolute atomic E-state index is 0.300. The Morgan fingerprint density at radius 3 is 2.41 bits per heavy atom. The summed E-state index contributed by atoms with van der Waals surface area (Å²) in [4.78, 5) is 0. The minimum atomic E-state index is -0.528. The number of rotatable bonds is 5. The SMILES string of the molecule is Cc1ccc(NC(c2ccc(F)cc2)c2nnc(-c3ccccc3Cl)o2)c(Cl)c1. The summed E-state index contributed by atoms with van der Waals surface area (Å²) >= 11 is 12.6. The van der Waals surface area contributed by atoms with Crippen molar-refractivity contribution in [1.82, 2.24) is 10.2 Å². The highest BCUT2D eigenvalue weighted by atomic mass is 35.5. The normalized spacial score (nSPS) is 12.0. The van der Waals surface area contributed by atoms with Gasteiger partial charge < -0.3 is 9.73 Å². The third-order valence-corrected chi connectivity index (χ3v) is 5.06. The van der Waals surface area contributed by atoms with Gasteiger partial charge in [0.1, 0.15) is 11.9 Å². The highest BCUT2D eigenvalue weighted by Crippen LogP contribution is 2.33. The predicted octanol–water partition coefficient (Wildman–Crippen LogP) is 6.69. The van der Waals surface area contributed by atoms with Gasteiger partial charge in [0.25, 0.3) is 0 Å². The molecule has 29 heavy (non-hydrogen) atoms. The van der Waals surface area contributed by atoms with Crippen LogP contribution < -0.4 is 5.32 Å². The minimum Gasteiger partial charge on any atom is -0.418 e. The largest absolute Gasteiger partial charge is 0.418 e. The zero-order valence-electron chi connectivity index (χ0n) is 15.4. The molecule has 1 heterocycles. The van der Waals surface area contributed by atoms with E-state index >= 15 is 0 Å². The fraction of sp³-hybridized carbons (Fsp3) is 0.0909. The average molecular weight is 428 g/mol. The Bertz CT molecular complexity index is 1150. The molecule has 1 aromatic heterocycles. The van der Waals surface area contributed by atoms with E-state index in [0.29, 0.717) is 33.1 Å². The van der Waals surface area contributed by atoms with Crippen molar-refractivity contribution in [1.29, 1.82) is 0 Å². The summed E-state index contributed by atoms with van der Waals surface area (Å²) in [6, 6.07) is 18.4. The molecule has 1 N–H and O–H groups in total. The molecule has 0 amide bonds. The molecule has 0 bridgehead atoms. The molecule has 1 unspecified atom stereocenters. The lowest BCUT2D eigenvalue weighted by molar-refractivity contribution is 0.494. The fourth-order valence-corrected chi connectivity index (χ4v) is 3.44. The van der Waals surface area contributed by atoms with E-state index in [9.17, 15) is 4.39 Å². The van der Waals surface area contributed by atoms with Gasteiger partial charge in [0.05, 0.1) is 21.3 Å². The summed E-state index contributed by atoms with van der Waals surface area (Å²) in [6.45, 7) is 1.96. The second kappa shape index (κ2) is 8.23. The summed E-state index contributed by atoms with van der Waals surface area (Å²) in [7, 11) is 0. The predicted molar refractivity (Wildman–Crippen MR) is 113 cm³/mol. The van der Waals surface area contributed by atoms with E-state index in [1.807, 2.05) is 37.3 Å². The molecule has 146 valence electrons. The first-order valence-electron chi connectivity index (χ1n) is 8.88. The number of nitrogens with one attached hydrogen (secondary N) is 1. The maximum atomic E-state index is 13.5. The van der Waals surface area contributed by atoms with Crippen molar-refractivity contribution in [2.24, 2.45) is 0 Å². The Kier molecular flexibility index (Phi) is 5.51. The first-order valence-corrected chi connectivity index (χ1v) is 9.63. The summed E-state index contributed by atoms with van der Waals surface area (Å²) in [5.74, 6) is 0.279. The number of halogens is 3. The zero-order chi connectivity index (χ0) is 20.4. The van der Waals surface area contributed by atoms with Crippen LogP contribution in [0.3, 0.4) is 0 Å². The Morgan fingerprint density at radius 2 is 1.69 bits per heavy atom. The summed E-state index contributed by atoms with van der Waals surface area (Å²) in [5.41, 5.74) is 3.12. The highest BCUT2D eigenvalue weighted by Gasteiger charge is 2.23. The van der Waals surface area contributed by atoms with Crippen LogP contribution in [0.2, 0.25) is 10.0 Å². The van der Waals surface area contributed by atoms with Crippen molar-refractivity contribution in [3.05, 3.63) is 99.6 Å². The number of aryl methyl sites for hydroxylation is 1. The van der Waals surface area contributed by atoms with E-state index in [-0.39, 0.29) is 5.82 Å². The van der Waals surface area contributed by atoms with Crippen LogP contribution >= 0.6 is 23.2 Å². The van der Waals surface area contributed by atoms with Crippen LogP contribution in [0, 0.1) is 12.7 Å². The number of hydrogen-bond donors (Lipinski definition) is 1. The van der Waals surface area contributed by atoms with Crippen molar-refractivity contribution >= 4 is 28.9 Å². The lowest BCUT2D eigenvalue weighted by Gasteiger charge is -2.18. The molecular weight excluding hydrogens is 412 g/mol. The van der Waals surface area contributed by atoms with Gasteiger partial charge in [0, 0.05) is 0 Å². The van der Waals surface area contributed by atoms with Gasteiger partial charge >= 0.3 is 0 Å². The number of anilines is 1. The zero-order valence-corrected chi connectivity index (χ0v) is 16.9. The van der Waals surface area contributed by atoms with Crippen molar-refractivity contribution in [3.63, 3.8) is 0 Å². The summed E-state index contributed by atoms with van der Waals surface area (Å²) in [6.07, 6.45) is 0. The third-order valence-electron chi connectivity index (χ3n) is 4.42. The Balaban J connectivity index is 1.74. The monoisotopic (exact) mass is 427 g/mol. The van der Waals surface area contributed by atoms with Crippen LogP contribution in [0.15, 0.2) is 71.1 Å². The molecule has 0 fully saturated rings. The van der Waals surface area contributed by atoms with E-state index in [4.69, 9.17) is 27.6 Å². The second-order valence-corrected chi connectivity index (χ2v) is 7.35. The second-order valence-electron chi connectivity index (χ2n) is 6.54. The molecule has 0 aliphatic heterocycles. The van der Waals surface area contributed by atoms with Crippen molar-refractivity contribution in [2.75, 3.05) is 5.32 Å². The van der Waals surface area contributed by atoms with Gasteiger partial charge in [-0.2, -0.15) is 0 Å². The fourth-order valence-electron chi connectivity index (χ4n) is 2.93. The first-order chi connectivity index (χ1) is 14.0. The Labute approximate surface area is 177 Å². The molecule has 0 spiro atoms. The molecule has 4 nitrogen and oxygen atoms in total. The molecule has 0 saturated carbocycles. The average Bonchev–Trinajstić information content (AvgIpc) is 3.18. The molecule has 1 atom stereocenters. The standard InChI is InChI=1S/C22H16Cl2FN3O/c1-13-6-11-19(18(24)12-13)26-20(14-7-9-15(25)10-8-14)22-28-27-21(29-22)16-4-2-3-5-17(16)23/h2-12,20,26H,1H3. The molecule has 0 aliphatic carbocycles. The molecule has 0 aliphatic rings. The quantitative estimate of drug-likeness (QED) is 0.385. The van der Waals surface area contributed by atoms with E-state index in [0.717, 1.165) is 11.1 Å². The third kappa shape index (κ3) is 4.26. The molecule has 0 radical (unpaired) electrons. The van der Waals surface area contributed by atoms with Crippen molar-refractivity contribution in [2.45, 2.75) is 13.0 Å². The maximum Gasteiger partial charge on any atom is 0.249 e. The van der Waals surface area contributed by atoms with Crippen LogP contribution in [-0.4, -0.2) is 10.2 Å². The van der Waals surface area contributed by atoms with Gasteiger partial charge in [0.2, 0.25) is 11.8 Å². The molecular formula is C22H16Cl2FN3O. The highest BCUT2D eigenvalue weighted by molar-refractivity contribution is 6.33. The summed E-state index contributed by atoms with van der Waals surface area (Å²) < 4.78 is 19.4. The Hall–Kier alpha value is -2.89. The Morgan fingerprint density at radius 1 is 0.931 bits per heavy atom. The van der Waals surface area contributed by atoms with Crippen LogP contribution in [0.4, 0.5) is 10.1 Å². The van der Waals surface area contributed by atoms with E-state index in [1.165, 1.54) is 12.1 Å². The van der Waals surface area contributed by atoms with E-state index in [2.05, 4.69) is 15.5 Å². The summed E-state index contributed by atoms with van der Waals surface area (Å²) in [5, 5.41) is 12.7. The molecule has 0 saturated heterocycles. The van der Waals surface area contributed by atoms with Gasteiger partial charge in [-0.25, -0.2) is 4.39 Å². The number of benzene rings is 3. The van der Waals surface area contributed by atoms with Crippen LogP contribution in [-0.2, 0) is 0 Å². The smallest absolute Gasteiger partial charge is 0.249 e. The van der Waals surface area contributed by atoms with Gasteiger partial charge in [0.15, 0.2) is 0 Å². The first kappa shape index (κ1) is 19.4. The van der Waals surface area contributed by atoms with Crippen molar-refractivity contribution in [3.8, 4) is 11.5 Å². The number of nitrogens with zero attached hydrogens (tertiary/aromatic N) is 2. The van der Waals surface area contributed by atoms with E-state index < -0.39 is 6.04 Å². The van der Waals surface area contributed by atoms with Crippen LogP contribution in [0.1, 0.15) is 23.1 Å². The van der Waals surface area contributed by atoms with Crippen LogP contribution in [0.5, 0.6) is 0 Å². The van der Waals surface area contributed by atoms with Gasteiger partial charge in [-0.1, -0.05) is 53.5 Å². The number of hydrogen-bond acceptors (Lipinski definition) is 4. The molecule has 4 rings (SSSR count). The van der Waals surface area contributed by atoms with E-state index in [1.54, 1.807) is 24.3 Å². The maximum absolute atomic E-state index is 13.5. The molecule has 4 aromatic rings. The topological polar surface area (TPSA) is 51.0 Å².